The first-order valence-electron chi connectivity index (χ1n) is 5.85. The second kappa shape index (κ2) is 7.44. The maximum atomic E-state index is 11.9. The van der Waals surface area contributed by atoms with Crippen molar-refractivity contribution in [2.75, 3.05) is 12.4 Å². The van der Waals surface area contributed by atoms with Gasteiger partial charge in [-0.2, -0.15) is 0 Å². The van der Waals surface area contributed by atoms with Gasteiger partial charge in [-0.25, -0.2) is 4.79 Å². The van der Waals surface area contributed by atoms with Crippen molar-refractivity contribution in [2.24, 2.45) is 0 Å². The van der Waals surface area contributed by atoms with Crippen LogP contribution in [0.15, 0.2) is 24.3 Å². The summed E-state index contributed by atoms with van der Waals surface area (Å²) in [6.45, 7) is 1.72. The molecule has 3 amide bonds. The van der Waals surface area contributed by atoms with Crippen molar-refractivity contribution in [2.45, 2.75) is 12.8 Å². The molecule has 0 fully saturated rings. The first-order chi connectivity index (χ1) is 9.47. The van der Waals surface area contributed by atoms with E-state index in [0.29, 0.717) is 0 Å². The molecule has 20 heavy (non-hydrogen) atoms. The molecule has 1 unspecified atom stereocenters. The zero-order valence-corrected chi connectivity index (χ0v) is 11.5. The molecule has 0 radical (unpaired) electrons. The van der Waals surface area contributed by atoms with Crippen LogP contribution >= 0.6 is 11.6 Å². The van der Waals surface area contributed by atoms with Crippen LogP contribution < -0.4 is 10.6 Å². The van der Waals surface area contributed by atoms with Gasteiger partial charge in [0.15, 0.2) is 0 Å². The number of urea groups is 1. The molecule has 1 rings (SSSR count). The van der Waals surface area contributed by atoms with E-state index in [4.69, 9.17) is 11.6 Å². The molecule has 0 spiro atoms. The largest absolute Gasteiger partial charge is 0.337 e. The number of carbonyl (C=O) groups excluding carboxylic acids is 2. The Morgan fingerprint density at radius 2 is 2.05 bits per heavy atom. The number of para-hydroxylation sites is 1. The van der Waals surface area contributed by atoms with Gasteiger partial charge in [0.25, 0.3) is 5.69 Å². The molecule has 0 saturated carbocycles. The van der Waals surface area contributed by atoms with Crippen LogP contribution in [0.5, 0.6) is 0 Å². The molecule has 1 atom stereocenters. The zero-order chi connectivity index (χ0) is 15.1. The van der Waals surface area contributed by atoms with Gasteiger partial charge in [0.05, 0.1) is 10.8 Å². The highest BCUT2D eigenvalue weighted by molar-refractivity contribution is 6.18. The van der Waals surface area contributed by atoms with E-state index >= 15 is 0 Å². The molecule has 108 valence electrons. The number of hydrogen-bond acceptors (Lipinski definition) is 4. The number of amides is 3. The van der Waals surface area contributed by atoms with Gasteiger partial charge in [-0.15, -0.1) is 11.6 Å². The lowest BCUT2D eigenvalue weighted by molar-refractivity contribution is -0.385. The highest BCUT2D eigenvalue weighted by Gasteiger charge is 2.24. The van der Waals surface area contributed by atoms with Crippen molar-refractivity contribution in [3.05, 3.63) is 39.9 Å². The van der Waals surface area contributed by atoms with Crippen LogP contribution in [0.3, 0.4) is 0 Å². The normalized spacial score (nSPS) is 11.5. The van der Waals surface area contributed by atoms with Crippen molar-refractivity contribution in [1.82, 2.24) is 10.6 Å². The molecule has 0 aliphatic carbocycles. The number of nitrogens with one attached hydrogen (secondary N) is 2. The number of nitro groups is 1. The van der Waals surface area contributed by atoms with Crippen molar-refractivity contribution in [1.29, 1.82) is 0 Å². The summed E-state index contributed by atoms with van der Waals surface area (Å²) in [5.74, 6) is -1.22. The smallest absolute Gasteiger partial charge is 0.321 e. The maximum Gasteiger partial charge on any atom is 0.321 e. The van der Waals surface area contributed by atoms with E-state index in [-0.39, 0.29) is 23.7 Å². The van der Waals surface area contributed by atoms with Gasteiger partial charge in [-0.3, -0.25) is 20.2 Å². The molecular formula is C12H14ClN3O4. The summed E-state index contributed by atoms with van der Waals surface area (Å²) >= 11 is 5.39. The third-order valence-electron chi connectivity index (χ3n) is 2.61. The molecule has 0 saturated heterocycles. The predicted molar refractivity (Wildman–Crippen MR) is 73.8 cm³/mol. The molecular weight excluding hydrogens is 286 g/mol. The van der Waals surface area contributed by atoms with Crippen molar-refractivity contribution in [3.8, 4) is 0 Å². The number of imide groups is 1. The van der Waals surface area contributed by atoms with E-state index in [1.807, 2.05) is 0 Å². The Balaban J connectivity index is 2.79. The summed E-state index contributed by atoms with van der Waals surface area (Å²) < 4.78 is 0. The SMILES string of the molecule is CC(C(=O)NC(=O)NCCCl)c1ccccc1[N+](=O)[O-]. The molecule has 0 aromatic heterocycles. The van der Waals surface area contributed by atoms with E-state index < -0.39 is 22.8 Å². The average molecular weight is 300 g/mol. The molecule has 2 N–H and O–H groups in total. The number of nitro benzene ring substituents is 1. The Hall–Kier alpha value is -2.15. The minimum atomic E-state index is -0.821. The van der Waals surface area contributed by atoms with Gasteiger partial charge < -0.3 is 5.32 Å². The minimum Gasteiger partial charge on any atom is -0.337 e. The number of alkyl halides is 1. The number of rotatable bonds is 5. The highest BCUT2D eigenvalue weighted by atomic mass is 35.5. The second-order valence-electron chi connectivity index (χ2n) is 3.97. The lowest BCUT2D eigenvalue weighted by atomic mass is 9.98. The number of hydrogen-bond donors (Lipinski definition) is 2. The van der Waals surface area contributed by atoms with Gasteiger partial charge >= 0.3 is 6.03 Å². The molecule has 8 heteroatoms. The quantitative estimate of drug-likeness (QED) is 0.491. The highest BCUT2D eigenvalue weighted by Crippen LogP contribution is 2.26. The predicted octanol–water partition coefficient (Wildman–Crippen LogP) is 1.76. The molecule has 1 aromatic carbocycles. The van der Waals surface area contributed by atoms with Crippen LogP contribution in [0, 0.1) is 10.1 Å². The summed E-state index contributed by atoms with van der Waals surface area (Å²) in [6, 6.07) is 5.23. The summed E-state index contributed by atoms with van der Waals surface area (Å²) in [5.41, 5.74) is 0.0939. The summed E-state index contributed by atoms with van der Waals surface area (Å²) in [7, 11) is 0. The molecule has 0 aliphatic rings. The lowest BCUT2D eigenvalue weighted by Crippen LogP contribution is -2.42. The molecule has 1 aromatic rings. The van der Waals surface area contributed by atoms with Crippen LogP contribution in [-0.4, -0.2) is 29.3 Å². The Labute approximate surface area is 120 Å². The third-order valence-corrected chi connectivity index (χ3v) is 2.80. The fraction of sp³-hybridized carbons (Fsp3) is 0.333. The molecule has 0 bridgehead atoms. The first kappa shape index (κ1) is 15.9. The number of carbonyl (C=O) groups is 2. The van der Waals surface area contributed by atoms with Crippen molar-refractivity contribution >= 4 is 29.2 Å². The first-order valence-corrected chi connectivity index (χ1v) is 6.38. The Morgan fingerprint density at radius 1 is 1.40 bits per heavy atom. The van der Waals surface area contributed by atoms with Gasteiger partial charge in [0.2, 0.25) is 5.91 Å². The maximum absolute atomic E-state index is 11.9. The Bertz CT molecular complexity index is 521. The van der Waals surface area contributed by atoms with Crippen LogP contribution in [0.2, 0.25) is 0 Å². The summed E-state index contributed by atoms with van der Waals surface area (Å²) in [5, 5.41) is 15.4. The van der Waals surface area contributed by atoms with E-state index in [0.717, 1.165) is 0 Å². The van der Waals surface area contributed by atoms with E-state index in [9.17, 15) is 19.7 Å². The topological polar surface area (TPSA) is 101 Å². The van der Waals surface area contributed by atoms with Crippen LogP contribution in [0.25, 0.3) is 0 Å². The van der Waals surface area contributed by atoms with Gasteiger partial charge in [0, 0.05) is 24.1 Å². The summed E-state index contributed by atoms with van der Waals surface area (Å²) in [6.07, 6.45) is 0. The van der Waals surface area contributed by atoms with Crippen LogP contribution in [0.1, 0.15) is 18.4 Å². The van der Waals surface area contributed by atoms with E-state index in [2.05, 4.69) is 10.6 Å². The van der Waals surface area contributed by atoms with Gasteiger partial charge in [0.1, 0.15) is 0 Å². The van der Waals surface area contributed by atoms with Crippen molar-refractivity contribution < 1.29 is 14.5 Å². The number of nitrogens with zero attached hydrogens (tertiary/aromatic N) is 1. The fourth-order valence-electron chi connectivity index (χ4n) is 1.59. The lowest BCUT2D eigenvalue weighted by Gasteiger charge is -2.12. The van der Waals surface area contributed by atoms with Gasteiger partial charge in [-0.1, -0.05) is 18.2 Å². The van der Waals surface area contributed by atoms with Crippen molar-refractivity contribution in [3.63, 3.8) is 0 Å². The fourth-order valence-corrected chi connectivity index (χ4v) is 1.68. The summed E-state index contributed by atoms with van der Waals surface area (Å²) in [4.78, 5) is 33.5. The van der Waals surface area contributed by atoms with Gasteiger partial charge in [-0.05, 0) is 6.92 Å². The number of benzene rings is 1. The van der Waals surface area contributed by atoms with E-state index in [1.165, 1.54) is 25.1 Å². The Kier molecular flexibility index (Phi) is 5.92. The second-order valence-corrected chi connectivity index (χ2v) is 4.35. The zero-order valence-electron chi connectivity index (χ0n) is 10.8. The molecule has 0 aliphatic heterocycles. The monoisotopic (exact) mass is 299 g/mol. The third kappa shape index (κ3) is 4.20. The average Bonchev–Trinajstić information content (AvgIpc) is 2.44. The molecule has 0 heterocycles. The van der Waals surface area contributed by atoms with Crippen LogP contribution in [-0.2, 0) is 4.79 Å². The van der Waals surface area contributed by atoms with E-state index in [1.54, 1.807) is 6.07 Å². The standard InChI is InChI=1S/C12H14ClN3O4/c1-8(11(17)15-12(18)14-7-6-13)9-4-2-3-5-10(9)16(19)20/h2-5,8H,6-7H2,1H3,(H2,14,15,17,18). The Morgan fingerprint density at radius 3 is 2.65 bits per heavy atom. The van der Waals surface area contributed by atoms with Crippen LogP contribution in [0.4, 0.5) is 10.5 Å². The minimum absolute atomic E-state index is 0.156. The molecule has 7 nitrogen and oxygen atoms in total. The number of halogens is 1.